The first kappa shape index (κ1) is 32.9. The van der Waals surface area contributed by atoms with E-state index in [1.165, 1.54) is 12.8 Å². The molecule has 0 amide bonds. The number of ether oxygens (including phenoxy) is 1. The molecule has 3 aliphatic rings. The number of halogens is 3. The Labute approximate surface area is 169 Å². The van der Waals surface area contributed by atoms with Crippen molar-refractivity contribution in [1.29, 1.82) is 0 Å². The average Bonchev–Trinajstić information content (AvgIpc) is 3.09. The van der Waals surface area contributed by atoms with Crippen molar-refractivity contribution in [1.82, 2.24) is 0 Å². The van der Waals surface area contributed by atoms with Crippen molar-refractivity contribution in [3.05, 3.63) is 48.6 Å². The standard InChI is InChI=1S/2C5H5.C4H8O.3ClH.Li.Ti/c3*1-2-4-5-3-1;;;;;/h2*1-3H,4H2;1-4H2;3*1H;;/q2*-1;;;;;+1;+4/p-3. The van der Waals surface area contributed by atoms with Crippen molar-refractivity contribution in [2.75, 3.05) is 13.2 Å². The molecule has 0 radical (unpaired) electrons. The number of allylic oxidation sites excluding steroid dienone is 8. The van der Waals surface area contributed by atoms with E-state index in [0.717, 1.165) is 26.1 Å². The van der Waals surface area contributed by atoms with Crippen LogP contribution in [0, 0.1) is 12.2 Å². The van der Waals surface area contributed by atoms with E-state index in [4.69, 9.17) is 4.74 Å². The topological polar surface area (TPSA) is 9.23 Å². The van der Waals surface area contributed by atoms with Crippen LogP contribution in [0.2, 0.25) is 0 Å². The van der Waals surface area contributed by atoms with Gasteiger partial charge in [0, 0.05) is 13.2 Å². The molecule has 1 heterocycles. The van der Waals surface area contributed by atoms with Gasteiger partial charge in [-0.25, -0.2) is 24.3 Å². The van der Waals surface area contributed by atoms with Gasteiger partial charge in [0.25, 0.3) is 0 Å². The Bertz CT molecular complexity index is 216. The molecule has 0 N–H and O–H groups in total. The van der Waals surface area contributed by atoms with E-state index in [1.54, 1.807) is 0 Å². The summed E-state index contributed by atoms with van der Waals surface area (Å²) in [6.07, 6.45) is 22.6. The molecule has 2 aliphatic carbocycles. The van der Waals surface area contributed by atoms with Gasteiger partial charge in [0.1, 0.15) is 0 Å². The van der Waals surface area contributed by atoms with E-state index in [-0.39, 0.29) is 77.8 Å². The molecule has 20 heavy (non-hydrogen) atoms. The fraction of sp³-hybridized carbons (Fsp3) is 0.429. The fourth-order valence-electron chi connectivity index (χ4n) is 1.19. The average molecular weight is 363 g/mol. The molecule has 0 aromatic carbocycles. The van der Waals surface area contributed by atoms with Gasteiger partial charge in [0.15, 0.2) is 0 Å². The van der Waals surface area contributed by atoms with Gasteiger partial charge in [0.2, 0.25) is 0 Å². The van der Waals surface area contributed by atoms with Crippen LogP contribution in [0.25, 0.3) is 0 Å². The minimum Gasteiger partial charge on any atom is -1.00 e. The molecular formula is C14H18Cl3LiOTi. The van der Waals surface area contributed by atoms with Crippen molar-refractivity contribution >= 4 is 0 Å². The molecule has 106 valence electrons. The summed E-state index contributed by atoms with van der Waals surface area (Å²) >= 11 is 0. The van der Waals surface area contributed by atoms with Crippen LogP contribution in [-0.2, 0) is 26.5 Å². The Balaban J connectivity index is -0.0000000500. The largest absolute Gasteiger partial charge is 4.00 e. The first-order valence-electron chi connectivity index (χ1n) is 5.51. The number of hydrogen-bond acceptors (Lipinski definition) is 1. The molecular weight excluding hydrogens is 345 g/mol. The van der Waals surface area contributed by atoms with Crippen LogP contribution in [0.3, 0.4) is 0 Å². The van der Waals surface area contributed by atoms with Crippen LogP contribution >= 0.6 is 0 Å². The molecule has 0 unspecified atom stereocenters. The maximum Gasteiger partial charge on any atom is 4.00 e. The summed E-state index contributed by atoms with van der Waals surface area (Å²) in [5, 5.41) is 0. The van der Waals surface area contributed by atoms with Gasteiger partial charge < -0.3 is 42.0 Å². The van der Waals surface area contributed by atoms with Crippen molar-refractivity contribution in [2.24, 2.45) is 0 Å². The van der Waals surface area contributed by atoms with Crippen molar-refractivity contribution in [3.8, 4) is 0 Å². The molecule has 6 heteroatoms. The molecule has 0 bridgehead atoms. The summed E-state index contributed by atoms with van der Waals surface area (Å²) in [6.45, 7) is 2.00. The van der Waals surface area contributed by atoms with Crippen LogP contribution in [0.15, 0.2) is 36.5 Å². The molecule has 0 aromatic heterocycles. The van der Waals surface area contributed by atoms with E-state index in [0.29, 0.717) is 0 Å². The van der Waals surface area contributed by atoms with Crippen LogP contribution in [0.1, 0.15) is 25.7 Å². The first-order valence-corrected chi connectivity index (χ1v) is 5.51. The van der Waals surface area contributed by atoms with E-state index in [2.05, 4.69) is 24.3 Å². The van der Waals surface area contributed by atoms with Gasteiger partial charge in [-0.1, -0.05) is 0 Å². The summed E-state index contributed by atoms with van der Waals surface area (Å²) in [5.41, 5.74) is 0. The van der Waals surface area contributed by atoms with E-state index in [9.17, 15) is 0 Å². The van der Waals surface area contributed by atoms with Crippen LogP contribution in [-0.4, -0.2) is 13.2 Å². The normalized spacial score (nSPS) is 14.8. The number of hydrogen-bond donors (Lipinski definition) is 0. The second-order valence-corrected chi connectivity index (χ2v) is 3.33. The Morgan fingerprint density at radius 3 is 1.25 bits per heavy atom. The predicted molar refractivity (Wildman–Crippen MR) is 63.2 cm³/mol. The molecule has 0 aromatic rings. The Morgan fingerprint density at radius 2 is 1.15 bits per heavy atom. The Morgan fingerprint density at radius 1 is 0.750 bits per heavy atom. The Kier molecular flexibility index (Phi) is 46.5. The van der Waals surface area contributed by atoms with E-state index in [1.807, 2.05) is 24.3 Å². The molecule has 1 aliphatic heterocycles. The first-order chi connectivity index (χ1) is 7.50. The molecule has 1 fully saturated rings. The molecule has 3 rings (SSSR count). The van der Waals surface area contributed by atoms with E-state index >= 15 is 0 Å². The molecule has 0 atom stereocenters. The van der Waals surface area contributed by atoms with Gasteiger partial charge in [0.05, 0.1) is 0 Å². The molecule has 0 spiro atoms. The van der Waals surface area contributed by atoms with Crippen LogP contribution < -0.4 is 56.1 Å². The molecule has 0 saturated carbocycles. The monoisotopic (exact) mass is 362 g/mol. The summed E-state index contributed by atoms with van der Waals surface area (Å²) in [4.78, 5) is 0. The van der Waals surface area contributed by atoms with Gasteiger partial charge in [-0.15, -0.1) is 12.8 Å². The molecule has 1 saturated heterocycles. The molecule has 1 nitrogen and oxygen atoms in total. The smallest absolute Gasteiger partial charge is 1.00 e. The summed E-state index contributed by atoms with van der Waals surface area (Å²) in [7, 11) is 0. The van der Waals surface area contributed by atoms with Gasteiger partial charge in [-0.3, -0.25) is 12.2 Å². The second-order valence-electron chi connectivity index (χ2n) is 3.33. The summed E-state index contributed by atoms with van der Waals surface area (Å²) < 4.78 is 4.94. The third-order valence-corrected chi connectivity index (χ3v) is 2.00. The SMILES string of the molecule is C1CCOC1.[C-]1=CC=CC1.[C-]1=CC=CC1.[Cl-].[Cl-].[Cl-].[Li+].[Ti+4]. The predicted octanol–water partition coefficient (Wildman–Crippen LogP) is -8.58. The third-order valence-electron chi connectivity index (χ3n) is 2.00. The summed E-state index contributed by atoms with van der Waals surface area (Å²) in [6, 6.07) is 0. The second kappa shape index (κ2) is 28.3. The minimum atomic E-state index is 0. The van der Waals surface area contributed by atoms with E-state index < -0.39 is 0 Å². The van der Waals surface area contributed by atoms with Crippen molar-refractivity contribution in [3.63, 3.8) is 0 Å². The van der Waals surface area contributed by atoms with Gasteiger partial charge >= 0.3 is 40.6 Å². The minimum absolute atomic E-state index is 0. The Hall–Kier alpha value is 1.10. The quantitative estimate of drug-likeness (QED) is 0.307. The van der Waals surface area contributed by atoms with Crippen LogP contribution in [0.4, 0.5) is 0 Å². The van der Waals surface area contributed by atoms with Gasteiger partial charge in [-0.2, -0.15) is 12.2 Å². The van der Waals surface area contributed by atoms with Crippen molar-refractivity contribution < 1.29 is 82.5 Å². The maximum absolute atomic E-state index is 4.94. The van der Waals surface area contributed by atoms with Crippen molar-refractivity contribution in [2.45, 2.75) is 25.7 Å². The van der Waals surface area contributed by atoms with Gasteiger partial charge in [-0.05, 0) is 12.8 Å². The maximum atomic E-state index is 4.94. The van der Waals surface area contributed by atoms with Crippen LogP contribution in [0.5, 0.6) is 0 Å². The zero-order chi connectivity index (χ0) is 10.6. The number of rotatable bonds is 0. The zero-order valence-electron chi connectivity index (χ0n) is 11.7. The fourth-order valence-corrected chi connectivity index (χ4v) is 1.19. The summed E-state index contributed by atoms with van der Waals surface area (Å²) in [5.74, 6) is 0. The third kappa shape index (κ3) is 24.1. The zero-order valence-corrected chi connectivity index (χ0v) is 15.6.